The number of para-hydroxylation sites is 2. The molecule has 1 aliphatic heterocycles. The molecule has 5 heteroatoms. The first-order valence-corrected chi connectivity index (χ1v) is 8.59. The Morgan fingerprint density at radius 2 is 1.91 bits per heavy atom. The molecule has 2 aliphatic rings. The van der Waals surface area contributed by atoms with Gasteiger partial charge in [-0.15, -0.1) is 0 Å². The minimum Gasteiger partial charge on any atom is -0.372 e. The van der Waals surface area contributed by atoms with Crippen molar-refractivity contribution < 1.29 is 9.53 Å². The van der Waals surface area contributed by atoms with Crippen LogP contribution in [0.1, 0.15) is 33.1 Å². The lowest BCUT2D eigenvalue weighted by Crippen LogP contribution is -2.45. The average Bonchev–Trinajstić information content (AvgIpc) is 2.93. The molecule has 1 aromatic carbocycles. The van der Waals surface area contributed by atoms with Crippen LogP contribution in [-0.4, -0.2) is 37.2 Å². The van der Waals surface area contributed by atoms with Crippen LogP contribution in [0.25, 0.3) is 0 Å². The standard InChI is InChI=1S/C18H27N3O2/c1-12-10-21(11-13(2)23-12)17-6-4-3-5-16(17)20-18(22)14-7-8-15(19)9-14/h3-6,12-15H,7-11,19H2,1-2H3,(H,20,22). The second-order valence-corrected chi connectivity index (χ2v) is 6.94. The van der Waals surface area contributed by atoms with Gasteiger partial charge in [-0.1, -0.05) is 12.1 Å². The molecule has 1 amide bonds. The highest BCUT2D eigenvalue weighted by Crippen LogP contribution is 2.31. The zero-order valence-corrected chi connectivity index (χ0v) is 14.0. The first kappa shape index (κ1) is 16.3. The zero-order chi connectivity index (χ0) is 16.4. The third-order valence-corrected chi connectivity index (χ3v) is 4.77. The van der Waals surface area contributed by atoms with E-state index in [1.165, 1.54) is 0 Å². The Hall–Kier alpha value is -1.59. The van der Waals surface area contributed by atoms with Gasteiger partial charge in [0.1, 0.15) is 0 Å². The Bertz CT molecular complexity index is 553. The molecule has 1 heterocycles. The summed E-state index contributed by atoms with van der Waals surface area (Å²) in [5.74, 6) is 0.139. The molecule has 0 bridgehead atoms. The fourth-order valence-corrected chi connectivity index (χ4v) is 3.72. The first-order chi connectivity index (χ1) is 11.0. The number of hydrogen-bond donors (Lipinski definition) is 2. The third-order valence-electron chi connectivity index (χ3n) is 4.77. The van der Waals surface area contributed by atoms with Gasteiger partial charge >= 0.3 is 0 Å². The quantitative estimate of drug-likeness (QED) is 0.898. The second-order valence-electron chi connectivity index (χ2n) is 6.94. The number of carbonyl (C=O) groups is 1. The molecule has 1 aliphatic carbocycles. The summed E-state index contributed by atoms with van der Waals surface area (Å²) in [5.41, 5.74) is 7.89. The molecule has 5 nitrogen and oxygen atoms in total. The van der Waals surface area contributed by atoms with E-state index < -0.39 is 0 Å². The van der Waals surface area contributed by atoms with Crippen LogP contribution < -0.4 is 16.0 Å². The Kier molecular flexibility index (Phi) is 4.87. The molecule has 0 radical (unpaired) electrons. The zero-order valence-electron chi connectivity index (χ0n) is 14.0. The molecule has 0 spiro atoms. The number of nitrogens with one attached hydrogen (secondary N) is 1. The third kappa shape index (κ3) is 3.85. The van der Waals surface area contributed by atoms with Gasteiger partial charge in [0.05, 0.1) is 23.6 Å². The van der Waals surface area contributed by atoms with Gasteiger partial charge in [0.25, 0.3) is 0 Å². The van der Waals surface area contributed by atoms with Crippen LogP contribution in [-0.2, 0) is 9.53 Å². The van der Waals surface area contributed by atoms with Gasteiger partial charge < -0.3 is 20.7 Å². The summed E-state index contributed by atoms with van der Waals surface area (Å²) in [4.78, 5) is 14.8. The van der Waals surface area contributed by atoms with E-state index in [-0.39, 0.29) is 30.1 Å². The van der Waals surface area contributed by atoms with Crippen molar-refractivity contribution in [3.8, 4) is 0 Å². The molecule has 1 aromatic rings. The van der Waals surface area contributed by atoms with Crippen molar-refractivity contribution in [1.29, 1.82) is 0 Å². The van der Waals surface area contributed by atoms with E-state index in [1.54, 1.807) is 0 Å². The van der Waals surface area contributed by atoms with Gasteiger partial charge in [-0.2, -0.15) is 0 Å². The predicted molar refractivity (Wildman–Crippen MR) is 92.6 cm³/mol. The minimum atomic E-state index is 0.0422. The largest absolute Gasteiger partial charge is 0.372 e. The molecule has 126 valence electrons. The predicted octanol–water partition coefficient (Wildman–Crippen LogP) is 2.37. The summed E-state index contributed by atoms with van der Waals surface area (Å²) >= 11 is 0. The number of rotatable bonds is 3. The van der Waals surface area contributed by atoms with Gasteiger partial charge in [-0.3, -0.25) is 4.79 Å². The van der Waals surface area contributed by atoms with E-state index in [9.17, 15) is 4.79 Å². The molecule has 3 N–H and O–H groups in total. The number of morpholine rings is 1. The van der Waals surface area contributed by atoms with Gasteiger partial charge in [0.2, 0.25) is 5.91 Å². The van der Waals surface area contributed by atoms with Crippen LogP contribution in [0.15, 0.2) is 24.3 Å². The summed E-state index contributed by atoms with van der Waals surface area (Å²) < 4.78 is 5.81. The van der Waals surface area contributed by atoms with Crippen LogP contribution in [0.5, 0.6) is 0 Å². The Labute approximate surface area is 138 Å². The van der Waals surface area contributed by atoms with Crippen molar-refractivity contribution in [1.82, 2.24) is 0 Å². The Morgan fingerprint density at radius 1 is 1.22 bits per heavy atom. The molecule has 4 atom stereocenters. The van der Waals surface area contributed by atoms with Crippen LogP contribution in [0.3, 0.4) is 0 Å². The van der Waals surface area contributed by atoms with Crippen LogP contribution in [0, 0.1) is 5.92 Å². The summed E-state index contributed by atoms with van der Waals surface area (Å²) in [5, 5.41) is 3.12. The number of anilines is 2. The van der Waals surface area contributed by atoms with Crippen molar-refractivity contribution >= 4 is 17.3 Å². The number of ether oxygens (including phenoxy) is 1. The van der Waals surface area contributed by atoms with Crippen molar-refractivity contribution in [2.75, 3.05) is 23.3 Å². The lowest BCUT2D eigenvalue weighted by molar-refractivity contribution is -0.119. The fraction of sp³-hybridized carbons (Fsp3) is 0.611. The van der Waals surface area contributed by atoms with E-state index in [1.807, 2.05) is 18.2 Å². The average molecular weight is 317 g/mol. The number of benzene rings is 1. The highest BCUT2D eigenvalue weighted by molar-refractivity contribution is 5.96. The van der Waals surface area contributed by atoms with E-state index >= 15 is 0 Å². The number of carbonyl (C=O) groups excluding carboxylic acids is 1. The van der Waals surface area contributed by atoms with Crippen LogP contribution in [0.2, 0.25) is 0 Å². The molecule has 4 unspecified atom stereocenters. The maximum atomic E-state index is 12.5. The maximum Gasteiger partial charge on any atom is 0.227 e. The summed E-state index contributed by atoms with van der Waals surface area (Å²) in [6.45, 7) is 5.85. The monoisotopic (exact) mass is 317 g/mol. The summed E-state index contributed by atoms with van der Waals surface area (Å²) in [6.07, 6.45) is 3.00. The molecule has 23 heavy (non-hydrogen) atoms. The van der Waals surface area contributed by atoms with E-state index in [0.29, 0.717) is 0 Å². The molecular formula is C18H27N3O2. The van der Waals surface area contributed by atoms with Crippen molar-refractivity contribution in [2.45, 2.75) is 51.4 Å². The SMILES string of the molecule is CC1CN(c2ccccc2NC(=O)C2CCC(N)C2)CC(C)O1. The normalized spacial score (nSPS) is 31.2. The lowest BCUT2D eigenvalue weighted by atomic mass is 10.1. The molecule has 1 saturated carbocycles. The van der Waals surface area contributed by atoms with Crippen LogP contribution >= 0.6 is 0 Å². The van der Waals surface area contributed by atoms with E-state index in [2.05, 4.69) is 30.1 Å². The summed E-state index contributed by atoms with van der Waals surface area (Å²) in [7, 11) is 0. The number of nitrogens with two attached hydrogens (primary N) is 1. The van der Waals surface area contributed by atoms with E-state index in [0.717, 1.165) is 43.7 Å². The van der Waals surface area contributed by atoms with Crippen molar-refractivity contribution in [3.63, 3.8) is 0 Å². The van der Waals surface area contributed by atoms with Crippen molar-refractivity contribution in [2.24, 2.45) is 11.7 Å². The first-order valence-electron chi connectivity index (χ1n) is 8.59. The Balaban J connectivity index is 1.74. The Morgan fingerprint density at radius 3 is 2.57 bits per heavy atom. The topological polar surface area (TPSA) is 67.6 Å². The second kappa shape index (κ2) is 6.89. The van der Waals surface area contributed by atoms with Gasteiger partial charge in [0, 0.05) is 25.0 Å². The van der Waals surface area contributed by atoms with E-state index in [4.69, 9.17) is 10.5 Å². The smallest absolute Gasteiger partial charge is 0.227 e. The van der Waals surface area contributed by atoms with Gasteiger partial charge in [0.15, 0.2) is 0 Å². The van der Waals surface area contributed by atoms with Crippen LogP contribution in [0.4, 0.5) is 11.4 Å². The molecule has 1 saturated heterocycles. The lowest BCUT2D eigenvalue weighted by Gasteiger charge is -2.37. The molecule has 2 fully saturated rings. The van der Waals surface area contributed by atoms with Crippen molar-refractivity contribution in [3.05, 3.63) is 24.3 Å². The molecule has 3 rings (SSSR count). The van der Waals surface area contributed by atoms with Gasteiger partial charge in [-0.05, 0) is 45.2 Å². The maximum absolute atomic E-state index is 12.5. The molecule has 0 aromatic heterocycles. The summed E-state index contributed by atoms with van der Waals surface area (Å²) in [6, 6.07) is 8.20. The minimum absolute atomic E-state index is 0.0422. The fourth-order valence-electron chi connectivity index (χ4n) is 3.72. The highest BCUT2D eigenvalue weighted by Gasteiger charge is 2.29. The molecular weight excluding hydrogens is 290 g/mol. The number of hydrogen-bond acceptors (Lipinski definition) is 4. The number of amides is 1. The number of nitrogens with zero attached hydrogens (tertiary/aromatic N) is 1. The van der Waals surface area contributed by atoms with Gasteiger partial charge in [-0.25, -0.2) is 0 Å². The highest BCUT2D eigenvalue weighted by atomic mass is 16.5.